The third-order valence-electron chi connectivity index (χ3n) is 1.86. The van der Waals surface area contributed by atoms with Crippen LogP contribution in [0.25, 0.3) is 0 Å². The van der Waals surface area contributed by atoms with E-state index in [1.165, 1.54) is 0 Å². The maximum atomic E-state index is 12.3. The Balaban J connectivity index is 0.00000324. The number of halogens is 6. The van der Waals surface area contributed by atoms with Crippen LogP contribution < -0.4 is 0 Å². The van der Waals surface area contributed by atoms with Crippen molar-refractivity contribution in [1.29, 1.82) is 0 Å². The molecule has 1 N–H and O–H groups in total. The van der Waals surface area contributed by atoms with Gasteiger partial charge < -0.3 is 0 Å². The maximum absolute atomic E-state index is 12.3. The van der Waals surface area contributed by atoms with Crippen molar-refractivity contribution in [1.82, 2.24) is 0 Å². The molecule has 0 atom stereocenters. The molecule has 0 amide bonds. The standard InChI is InChI=1S/C8H4F6O3S.Li.H/c9-7(10,11)4-1-5(8(12,13)14)3-6(2-4)18(15,16)17;;/h1-3H,(H,15,16,17);;. The molecule has 0 aliphatic heterocycles. The van der Waals surface area contributed by atoms with Crippen LogP contribution in [-0.2, 0) is 22.5 Å². The third-order valence-corrected chi connectivity index (χ3v) is 2.69. The molecule has 19 heavy (non-hydrogen) atoms. The van der Waals surface area contributed by atoms with Gasteiger partial charge in [-0.2, -0.15) is 34.8 Å². The van der Waals surface area contributed by atoms with Gasteiger partial charge in [-0.05, 0) is 18.2 Å². The molecule has 1 aromatic carbocycles. The fraction of sp³-hybridized carbons (Fsp3) is 0.250. The zero-order chi connectivity index (χ0) is 14.4. The second-order valence-corrected chi connectivity index (χ2v) is 4.64. The van der Waals surface area contributed by atoms with Crippen molar-refractivity contribution in [2.24, 2.45) is 0 Å². The summed E-state index contributed by atoms with van der Waals surface area (Å²) in [6.07, 6.45) is -10.3. The van der Waals surface area contributed by atoms with E-state index in [0.717, 1.165) is 0 Å². The van der Waals surface area contributed by atoms with Crippen LogP contribution in [0.3, 0.4) is 0 Å². The van der Waals surface area contributed by atoms with E-state index in [0.29, 0.717) is 0 Å². The van der Waals surface area contributed by atoms with Gasteiger partial charge in [0, 0.05) is 0 Å². The van der Waals surface area contributed by atoms with E-state index in [4.69, 9.17) is 4.55 Å². The number of rotatable bonds is 1. The van der Waals surface area contributed by atoms with Gasteiger partial charge in [-0.25, -0.2) is 0 Å². The van der Waals surface area contributed by atoms with Gasteiger partial charge in [-0.3, -0.25) is 4.55 Å². The molecule has 0 saturated heterocycles. The molecular formula is C8H5F6LiO3S. The molecule has 0 spiro atoms. The quantitative estimate of drug-likeness (QED) is 0.492. The summed E-state index contributed by atoms with van der Waals surface area (Å²) in [7, 11) is -5.17. The van der Waals surface area contributed by atoms with Gasteiger partial charge in [0.1, 0.15) is 0 Å². The van der Waals surface area contributed by atoms with Crippen LogP contribution in [0.15, 0.2) is 23.1 Å². The van der Waals surface area contributed by atoms with Crippen LogP contribution in [0.2, 0.25) is 0 Å². The molecule has 1 aromatic rings. The summed E-state index contributed by atoms with van der Waals surface area (Å²) in [5, 5.41) is 0. The van der Waals surface area contributed by atoms with Crippen molar-refractivity contribution >= 4 is 29.0 Å². The van der Waals surface area contributed by atoms with Crippen molar-refractivity contribution < 1.29 is 39.3 Å². The molecule has 0 unspecified atom stereocenters. The number of alkyl halides is 6. The zero-order valence-corrected chi connectivity index (χ0v) is 8.99. The summed E-state index contributed by atoms with van der Waals surface area (Å²) in [6.45, 7) is 0. The Bertz CT molecular complexity index is 531. The van der Waals surface area contributed by atoms with Gasteiger partial charge in [0.15, 0.2) is 0 Å². The van der Waals surface area contributed by atoms with Gasteiger partial charge in [-0.1, -0.05) is 0 Å². The fourth-order valence-corrected chi connectivity index (χ4v) is 1.63. The molecule has 1 rings (SSSR count). The van der Waals surface area contributed by atoms with Gasteiger partial charge in [0.05, 0.1) is 16.0 Å². The average Bonchev–Trinajstić information content (AvgIpc) is 2.13. The van der Waals surface area contributed by atoms with Gasteiger partial charge in [0.25, 0.3) is 10.1 Å². The Hall–Kier alpha value is -0.693. The van der Waals surface area contributed by atoms with Crippen LogP contribution >= 0.6 is 0 Å². The van der Waals surface area contributed by atoms with E-state index >= 15 is 0 Å². The first-order chi connectivity index (χ1) is 7.82. The summed E-state index contributed by atoms with van der Waals surface area (Å²) in [6, 6.07) is -0.399. The third kappa shape index (κ3) is 4.72. The topological polar surface area (TPSA) is 54.4 Å². The van der Waals surface area contributed by atoms with Crippen molar-refractivity contribution in [2.45, 2.75) is 17.2 Å². The predicted molar refractivity (Wildman–Crippen MR) is 53.4 cm³/mol. The Morgan fingerprint density at radius 1 is 0.842 bits per heavy atom. The van der Waals surface area contributed by atoms with Crippen LogP contribution in [0.5, 0.6) is 0 Å². The van der Waals surface area contributed by atoms with Gasteiger partial charge >= 0.3 is 31.2 Å². The number of hydrogen-bond acceptors (Lipinski definition) is 2. The molecule has 0 bridgehead atoms. The normalized spacial score (nSPS) is 13.0. The minimum atomic E-state index is -5.17. The molecule has 3 nitrogen and oxygen atoms in total. The van der Waals surface area contributed by atoms with Crippen molar-refractivity contribution in [3.05, 3.63) is 29.3 Å². The van der Waals surface area contributed by atoms with E-state index in [1.807, 2.05) is 0 Å². The zero-order valence-electron chi connectivity index (χ0n) is 8.17. The van der Waals surface area contributed by atoms with E-state index in [9.17, 15) is 34.8 Å². The second kappa shape index (κ2) is 5.36. The van der Waals surface area contributed by atoms with Crippen LogP contribution in [0, 0.1) is 0 Å². The molecule has 11 heteroatoms. The molecule has 104 valence electrons. The molecule has 0 aliphatic carbocycles. The van der Waals surface area contributed by atoms with Crippen LogP contribution in [0.1, 0.15) is 11.1 Å². The van der Waals surface area contributed by atoms with E-state index in [1.54, 1.807) is 0 Å². The molecule has 0 heterocycles. The van der Waals surface area contributed by atoms with Gasteiger partial charge in [0.2, 0.25) is 0 Å². The summed E-state index contributed by atoms with van der Waals surface area (Å²) in [5.74, 6) is 0. The molecular weight excluding hydrogens is 297 g/mol. The van der Waals surface area contributed by atoms with Crippen molar-refractivity contribution in [3.63, 3.8) is 0 Å². The van der Waals surface area contributed by atoms with E-state index in [-0.39, 0.29) is 37.1 Å². The monoisotopic (exact) mass is 302 g/mol. The predicted octanol–water partition coefficient (Wildman–Crippen LogP) is 2.32. The SMILES string of the molecule is O=S(=O)(O)c1cc(C(F)(F)F)cc(C(F)(F)F)c1.[LiH]. The Morgan fingerprint density at radius 3 is 1.37 bits per heavy atom. The second-order valence-electron chi connectivity index (χ2n) is 3.22. The Kier molecular flexibility index (Phi) is 5.16. The number of hydrogen-bond donors (Lipinski definition) is 1. The van der Waals surface area contributed by atoms with Gasteiger partial charge in [-0.15, -0.1) is 0 Å². The first-order valence-corrected chi connectivity index (χ1v) is 5.53. The van der Waals surface area contributed by atoms with E-state index in [2.05, 4.69) is 0 Å². The summed E-state index contributed by atoms with van der Waals surface area (Å²) in [4.78, 5) is -1.47. The first-order valence-electron chi connectivity index (χ1n) is 4.09. The molecule has 0 saturated carbocycles. The van der Waals surface area contributed by atoms with Crippen LogP contribution in [-0.4, -0.2) is 31.8 Å². The first kappa shape index (κ1) is 18.3. The summed E-state index contributed by atoms with van der Waals surface area (Å²) in [5.41, 5.74) is -3.63. The fourth-order valence-electron chi connectivity index (χ4n) is 1.08. The summed E-state index contributed by atoms with van der Waals surface area (Å²) < 4.78 is 103. The van der Waals surface area contributed by atoms with Crippen LogP contribution in [0.4, 0.5) is 26.3 Å². The van der Waals surface area contributed by atoms with E-state index < -0.39 is 38.5 Å². The minimum absolute atomic E-state index is 0. The van der Waals surface area contributed by atoms with Crippen molar-refractivity contribution in [2.75, 3.05) is 0 Å². The average molecular weight is 302 g/mol. The van der Waals surface area contributed by atoms with Crippen molar-refractivity contribution in [3.8, 4) is 0 Å². The molecule has 0 aliphatic rings. The molecule has 0 aromatic heterocycles. The molecule has 0 radical (unpaired) electrons. The molecule has 0 fully saturated rings. The Morgan fingerprint density at radius 2 is 1.16 bits per heavy atom. The Labute approximate surface area is 115 Å². The summed E-state index contributed by atoms with van der Waals surface area (Å²) >= 11 is 0. The number of benzene rings is 1.